The van der Waals surface area contributed by atoms with Gasteiger partial charge in [0.25, 0.3) is 0 Å². The minimum atomic E-state index is -0.419. The summed E-state index contributed by atoms with van der Waals surface area (Å²) in [5.74, 6) is 1.21. The maximum absolute atomic E-state index is 13.3. The van der Waals surface area contributed by atoms with E-state index in [9.17, 15) is 4.79 Å². The number of carbonyl (C=O) groups excluding carboxylic acids is 1. The number of nitrogens with two attached hydrogens (primary N) is 1. The van der Waals surface area contributed by atoms with Crippen LogP contribution >= 0.6 is 0 Å². The SMILES string of the molecule is COc1ccccc1C1(C(=O)N2C[C@@H](N)[C@H](c3ccccc3)C2)CC1. The molecule has 4 rings (SSSR count). The molecule has 0 bridgehead atoms. The average molecular weight is 336 g/mol. The van der Waals surface area contributed by atoms with Crippen LogP contribution in [-0.2, 0) is 10.2 Å². The largest absolute Gasteiger partial charge is 0.496 e. The minimum absolute atomic E-state index is 0.0141. The zero-order chi connectivity index (χ0) is 17.4. The van der Waals surface area contributed by atoms with Crippen molar-refractivity contribution in [3.8, 4) is 5.75 Å². The summed E-state index contributed by atoms with van der Waals surface area (Å²) in [5.41, 5.74) is 8.19. The Balaban J connectivity index is 1.58. The van der Waals surface area contributed by atoms with Crippen LogP contribution < -0.4 is 10.5 Å². The van der Waals surface area contributed by atoms with Gasteiger partial charge in [-0.1, -0.05) is 48.5 Å². The quantitative estimate of drug-likeness (QED) is 0.934. The van der Waals surface area contributed by atoms with E-state index in [0.717, 1.165) is 24.2 Å². The van der Waals surface area contributed by atoms with Crippen molar-refractivity contribution in [2.45, 2.75) is 30.2 Å². The van der Waals surface area contributed by atoms with Crippen molar-refractivity contribution in [2.75, 3.05) is 20.2 Å². The molecule has 1 amide bonds. The molecule has 130 valence electrons. The van der Waals surface area contributed by atoms with E-state index in [-0.39, 0.29) is 17.9 Å². The molecule has 0 aromatic heterocycles. The van der Waals surface area contributed by atoms with Crippen molar-refractivity contribution in [1.29, 1.82) is 0 Å². The lowest BCUT2D eigenvalue weighted by atomic mass is 9.93. The molecule has 25 heavy (non-hydrogen) atoms. The van der Waals surface area contributed by atoms with Gasteiger partial charge in [0.1, 0.15) is 5.75 Å². The van der Waals surface area contributed by atoms with Crippen LogP contribution in [0.4, 0.5) is 0 Å². The molecular weight excluding hydrogens is 312 g/mol. The Morgan fingerprint density at radius 3 is 2.44 bits per heavy atom. The number of hydrogen-bond donors (Lipinski definition) is 1. The fourth-order valence-corrected chi connectivity index (χ4v) is 4.11. The van der Waals surface area contributed by atoms with Crippen molar-refractivity contribution in [3.63, 3.8) is 0 Å². The fourth-order valence-electron chi connectivity index (χ4n) is 4.11. The maximum atomic E-state index is 13.3. The van der Waals surface area contributed by atoms with E-state index < -0.39 is 5.41 Å². The van der Waals surface area contributed by atoms with Crippen molar-refractivity contribution in [1.82, 2.24) is 4.90 Å². The number of likely N-dealkylation sites (tertiary alicyclic amines) is 1. The highest BCUT2D eigenvalue weighted by molar-refractivity contribution is 5.92. The third kappa shape index (κ3) is 2.71. The molecule has 0 spiro atoms. The topological polar surface area (TPSA) is 55.6 Å². The molecule has 2 aliphatic rings. The fraction of sp³-hybridized carbons (Fsp3) is 0.381. The van der Waals surface area contributed by atoms with E-state index in [1.165, 1.54) is 5.56 Å². The highest BCUT2D eigenvalue weighted by Crippen LogP contribution is 2.53. The number of hydrogen-bond acceptors (Lipinski definition) is 3. The molecule has 4 heteroatoms. The van der Waals surface area contributed by atoms with Crippen LogP contribution in [0.5, 0.6) is 5.75 Å². The molecule has 0 radical (unpaired) electrons. The number of methoxy groups -OCH3 is 1. The summed E-state index contributed by atoms with van der Waals surface area (Å²) in [7, 11) is 1.66. The van der Waals surface area contributed by atoms with Gasteiger partial charge in [0.2, 0.25) is 5.91 Å². The molecule has 2 atom stereocenters. The third-order valence-electron chi connectivity index (χ3n) is 5.66. The summed E-state index contributed by atoms with van der Waals surface area (Å²) >= 11 is 0. The Labute approximate surface area is 148 Å². The first-order valence-electron chi connectivity index (χ1n) is 8.89. The van der Waals surface area contributed by atoms with E-state index >= 15 is 0 Å². The summed E-state index contributed by atoms with van der Waals surface area (Å²) < 4.78 is 5.50. The van der Waals surface area contributed by atoms with E-state index in [1.807, 2.05) is 47.4 Å². The summed E-state index contributed by atoms with van der Waals surface area (Å²) in [6, 6.07) is 18.1. The standard InChI is InChI=1S/C21H24N2O2/c1-25-19-10-6-5-9-17(19)21(11-12-21)20(24)23-13-16(18(22)14-23)15-7-3-2-4-8-15/h2-10,16,18H,11-14,22H2,1H3/t16-,18+/m0/s1. The summed E-state index contributed by atoms with van der Waals surface area (Å²) in [6.45, 7) is 1.32. The highest BCUT2D eigenvalue weighted by Gasteiger charge is 2.55. The minimum Gasteiger partial charge on any atom is -0.496 e. The molecule has 1 saturated carbocycles. The molecule has 2 aromatic carbocycles. The zero-order valence-corrected chi connectivity index (χ0v) is 14.5. The average Bonchev–Trinajstić information content (AvgIpc) is 3.38. The number of amides is 1. The normalized spacial score (nSPS) is 24.2. The maximum Gasteiger partial charge on any atom is 0.233 e. The van der Waals surface area contributed by atoms with Gasteiger partial charge >= 0.3 is 0 Å². The lowest BCUT2D eigenvalue weighted by Crippen LogP contribution is -2.39. The first-order valence-corrected chi connectivity index (χ1v) is 8.89. The lowest BCUT2D eigenvalue weighted by molar-refractivity contribution is -0.133. The Hall–Kier alpha value is -2.33. The van der Waals surface area contributed by atoms with Crippen LogP contribution in [0.1, 0.15) is 29.9 Å². The first kappa shape index (κ1) is 16.2. The number of benzene rings is 2. The van der Waals surface area contributed by atoms with E-state index in [0.29, 0.717) is 13.1 Å². The molecule has 1 saturated heterocycles. The Morgan fingerprint density at radius 1 is 1.08 bits per heavy atom. The Bertz CT molecular complexity index is 770. The molecule has 2 fully saturated rings. The summed E-state index contributed by atoms with van der Waals surface area (Å²) in [6.07, 6.45) is 1.77. The van der Waals surface area contributed by atoms with E-state index in [2.05, 4.69) is 12.1 Å². The second-order valence-corrected chi connectivity index (χ2v) is 7.17. The van der Waals surface area contributed by atoms with Gasteiger partial charge in [0.15, 0.2) is 0 Å². The van der Waals surface area contributed by atoms with Gasteiger partial charge in [-0.3, -0.25) is 4.79 Å². The predicted molar refractivity (Wildman–Crippen MR) is 97.6 cm³/mol. The van der Waals surface area contributed by atoms with Crippen LogP contribution in [0.25, 0.3) is 0 Å². The number of para-hydroxylation sites is 1. The lowest BCUT2D eigenvalue weighted by Gasteiger charge is -2.25. The molecule has 1 aliphatic carbocycles. The van der Waals surface area contributed by atoms with Gasteiger partial charge in [-0.15, -0.1) is 0 Å². The molecule has 2 N–H and O–H groups in total. The van der Waals surface area contributed by atoms with Crippen molar-refractivity contribution < 1.29 is 9.53 Å². The summed E-state index contributed by atoms with van der Waals surface area (Å²) in [4.78, 5) is 15.3. The predicted octanol–water partition coefficient (Wildman–Crippen LogP) is 2.68. The molecular formula is C21H24N2O2. The summed E-state index contributed by atoms with van der Waals surface area (Å²) in [5, 5.41) is 0. The molecule has 2 aromatic rings. The monoisotopic (exact) mass is 336 g/mol. The van der Waals surface area contributed by atoms with Gasteiger partial charge in [0, 0.05) is 30.6 Å². The van der Waals surface area contributed by atoms with Crippen LogP contribution in [0, 0.1) is 0 Å². The second-order valence-electron chi connectivity index (χ2n) is 7.17. The van der Waals surface area contributed by atoms with E-state index in [4.69, 9.17) is 10.5 Å². The van der Waals surface area contributed by atoms with Crippen LogP contribution in [-0.4, -0.2) is 37.0 Å². The van der Waals surface area contributed by atoms with Crippen LogP contribution in [0.15, 0.2) is 54.6 Å². The molecule has 4 nitrogen and oxygen atoms in total. The molecule has 1 heterocycles. The zero-order valence-electron chi connectivity index (χ0n) is 14.5. The molecule has 1 aliphatic heterocycles. The van der Waals surface area contributed by atoms with Gasteiger partial charge in [0.05, 0.1) is 12.5 Å². The Kier molecular flexibility index (Phi) is 4.00. The van der Waals surface area contributed by atoms with Gasteiger partial charge < -0.3 is 15.4 Å². The Morgan fingerprint density at radius 2 is 1.76 bits per heavy atom. The smallest absolute Gasteiger partial charge is 0.233 e. The third-order valence-corrected chi connectivity index (χ3v) is 5.66. The van der Waals surface area contributed by atoms with Crippen molar-refractivity contribution in [2.24, 2.45) is 5.73 Å². The molecule has 0 unspecified atom stereocenters. The number of ether oxygens (including phenoxy) is 1. The van der Waals surface area contributed by atoms with Gasteiger partial charge in [-0.05, 0) is 24.5 Å². The van der Waals surface area contributed by atoms with Crippen molar-refractivity contribution in [3.05, 3.63) is 65.7 Å². The first-order chi connectivity index (χ1) is 12.2. The van der Waals surface area contributed by atoms with Crippen LogP contribution in [0.3, 0.4) is 0 Å². The van der Waals surface area contributed by atoms with Crippen molar-refractivity contribution >= 4 is 5.91 Å². The van der Waals surface area contributed by atoms with Crippen LogP contribution in [0.2, 0.25) is 0 Å². The van der Waals surface area contributed by atoms with Gasteiger partial charge in [-0.2, -0.15) is 0 Å². The number of carbonyl (C=O) groups is 1. The highest BCUT2D eigenvalue weighted by atomic mass is 16.5. The second kappa shape index (κ2) is 6.19. The van der Waals surface area contributed by atoms with Gasteiger partial charge in [-0.25, -0.2) is 0 Å². The van der Waals surface area contributed by atoms with E-state index in [1.54, 1.807) is 7.11 Å². The number of rotatable bonds is 4. The number of nitrogens with zero attached hydrogens (tertiary/aromatic N) is 1.